The summed E-state index contributed by atoms with van der Waals surface area (Å²) in [5.41, 5.74) is 2.59. The summed E-state index contributed by atoms with van der Waals surface area (Å²) in [5, 5.41) is 4.04. The zero-order chi connectivity index (χ0) is 17.9. The van der Waals surface area contributed by atoms with Crippen LogP contribution in [0.1, 0.15) is 42.7 Å². The van der Waals surface area contributed by atoms with Crippen molar-refractivity contribution in [3.63, 3.8) is 0 Å². The van der Waals surface area contributed by atoms with Crippen LogP contribution in [-0.2, 0) is 0 Å². The van der Waals surface area contributed by atoms with Crippen molar-refractivity contribution < 1.29 is 13.9 Å². The fourth-order valence-electron chi connectivity index (χ4n) is 3.76. The van der Waals surface area contributed by atoms with Crippen LogP contribution in [0.4, 0.5) is 0 Å². The van der Waals surface area contributed by atoms with Gasteiger partial charge in [0.15, 0.2) is 5.76 Å². The molecule has 1 aliphatic carbocycles. The smallest absolute Gasteiger partial charge is 0.287 e. The van der Waals surface area contributed by atoms with E-state index in [9.17, 15) is 4.79 Å². The first-order valence-electron chi connectivity index (χ1n) is 9.23. The van der Waals surface area contributed by atoms with Crippen LogP contribution in [0.5, 0.6) is 5.75 Å². The number of methoxy groups -OCH3 is 1. The van der Waals surface area contributed by atoms with Crippen molar-refractivity contribution in [2.45, 2.75) is 38.1 Å². The lowest BCUT2D eigenvalue weighted by atomic mass is 9.95. The maximum atomic E-state index is 12.6. The maximum absolute atomic E-state index is 12.6. The molecule has 1 aliphatic rings. The van der Waals surface area contributed by atoms with E-state index >= 15 is 0 Å². The molecule has 0 atom stereocenters. The van der Waals surface area contributed by atoms with E-state index in [2.05, 4.69) is 5.32 Å². The standard InChI is InChI=1S/C22H23NO3/c1-25-19-13-6-5-11-17(19)18-12-7-8-15-14-20(26-21(15)18)22(24)23-16-9-3-2-4-10-16/h5-8,11-14,16H,2-4,9-10H2,1H3,(H,23,24). The molecule has 4 rings (SSSR count). The Morgan fingerprint density at radius 3 is 2.62 bits per heavy atom. The topological polar surface area (TPSA) is 51.5 Å². The largest absolute Gasteiger partial charge is 0.496 e. The molecular formula is C22H23NO3. The molecule has 1 heterocycles. The Morgan fingerprint density at radius 2 is 1.81 bits per heavy atom. The van der Waals surface area contributed by atoms with Crippen LogP contribution in [0.2, 0.25) is 0 Å². The van der Waals surface area contributed by atoms with Crippen LogP contribution in [0.25, 0.3) is 22.1 Å². The predicted molar refractivity (Wildman–Crippen MR) is 103 cm³/mol. The number of furan rings is 1. The van der Waals surface area contributed by atoms with Crippen molar-refractivity contribution in [2.75, 3.05) is 7.11 Å². The van der Waals surface area contributed by atoms with Gasteiger partial charge in [-0.25, -0.2) is 0 Å². The minimum Gasteiger partial charge on any atom is -0.496 e. The van der Waals surface area contributed by atoms with E-state index in [-0.39, 0.29) is 11.9 Å². The lowest BCUT2D eigenvalue weighted by Crippen LogP contribution is -2.35. The second-order valence-corrected chi connectivity index (χ2v) is 6.84. The number of fused-ring (bicyclic) bond motifs is 1. The molecule has 134 valence electrons. The highest BCUT2D eigenvalue weighted by Gasteiger charge is 2.20. The number of hydrogen-bond acceptors (Lipinski definition) is 3. The van der Waals surface area contributed by atoms with Gasteiger partial charge in [0.1, 0.15) is 11.3 Å². The molecule has 1 N–H and O–H groups in total. The third-order valence-electron chi connectivity index (χ3n) is 5.11. The quantitative estimate of drug-likeness (QED) is 0.707. The first kappa shape index (κ1) is 16.7. The van der Waals surface area contributed by atoms with Crippen molar-refractivity contribution in [3.8, 4) is 16.9 Å². The summed E-state index contributed by atoms with van der Waals surface area (Å²) in [4.78, 5) is 12.6. The molecule has 0 saturated heterocycles. The molecule has 26 heavy (non-hydrogen) atoms. The van der Waals surface area contributed by atoms with E-state index in [0.717, 1.165) is 35.1 Å². The summed E-state index contributed by atoms with van der Waals surface area (Å²) < 4.78 is 11.5. The van der Waals surface area contributed by atoms with Crippen molar-refractivity contribution in [2.24, 2.45) is 0 Å². The lowest BCUT2D eigenvalue weighted by molar-refractivity contribution is 0.0902. The average molecular weight is 349 g/mol. The monoisotopic (exact) mass is 349 g/mol. The number of nitrogens with one attached hydrogen (secondary N) is 1. The molecule has 0 aliphatic heterocycles. The second-order valence-electron chi connectivity index (χ2n) is 6.84. The van der Waals surface area contributed by atoms with Gasteiger partial charge in [-0.3, -0.25) is 4.79 Å². The third kappa shape index (κ3) is 3.19. The van der Waals surface area contributed by atoms with Gasteiger partial charge in [0.2, 0.25) is 0 Å². The fourth-order valence-corrected chi connectivity index (χ4v) is 3.76. The predicted octanol–water partition coefficient (Wildman–Crippen LogP) is 5.17. The van der Waals surface area contributed by atoms with E-state index in [1.54, 1.807) is 7.11 Å². The Hall–Kier alpha value is -2.75. The lowest BCUT2D eigenvalue weighted by Gasteiger charge is -2.22. The number of carbonyl (C=O) groups is 1. The average Bonchev–Trinajstić information content (AvgIpc) is 3.13. The number of benzene rings is 2. The number of hydrogen-bond donors (Lipinski definition) is 1. The van der Waals surface area contributed by atoms with Crippen LogP contribution < -0.4 is 10.1 Å². The van der Waals surface area contributed by atoms with Gasteiger partial charge in [0, 0.05) is 22.6 Å². The van der Waals surface area contributed by atoms with E-state index in [1.807, 2.05) is 48.5 Å². The molecule has 1 fully saturated rings. The highest BCUT2D eigenvalue weighted by Crippen LogP contribution is 2.36. The van der Waals surface area contributed by atoms with Gasteiger partial charge in [0.25, 0.3) is 5.91 Å². The van der Waals surface area contributed by atoms with Crippen LogP contribution in [0.3, 0.4) is 0 Å². The maximum Gasteiger partial charge on any atom is 0.287 e. The fraction of sp³-hybridized carbons (Fsp3) is 0.318. The van der Waals surface area contributed by atoms with Crippen LogP contribution >= 0.6 is 0 Å². The van der Waals surface area contributed by atoms with Gasteiger partial charge in [-0.05, 0) is 25.0 Å². The van der Waals surface area contributed by atoms with E-state index in [0.29, 0.717) is 11.3 Å². The van der Waals surface area contributed by atoms with Gasteiger partial charge in [-0.2, -0.15) is 0 Å². The Balaban J connectivity index is 1.68. The number of amides is 1. The number of rotatable bonds is 4. The summed E-state index contributed by atoms with van der Waals surface area (Å²) in [7, 11) is 1.66. The highest BCUT2D eigenvalue weighted by atomic mass is 16.5. The van der Waals surface area contributed by atoms with E-state index < -0.39 is 0 Å². The van der Waals surface area contributed by atoms with Crippen molar-refractivity contribution in [3.05, 3.63) is 54.3 Å². The molecule has 1 amide bonds. The van der Waals surface area contributed by atoms with Crippen molar-refractivity contribution >= 4 is 16.9 Å². The Kier molecular flexibility index (Phi) is 4.65. The summed E-state index contributed by atoms with van der Waals surface area (Å²) in [6.45, 7) is 0. The minimum atomic E-state index is -0.126. The molecule has 1 aromatic heterocycles. The van der Waals surface area contributed by atoms with Crippen molar-refractivity contribution in [1.82, 2.24) is 5.32 Å². The summed E-state index contributed by atoms with van der Waals surface area (Å²) in [5.74, 6) is 1.02. The Morgan fingerprint density at radius 1 is 1.04 bits per heavy atom. The van der Waals surface area contributed by atoms with Crippen LogP contribution in [-0.4, -0.2) is 19.1 Å². The molecule has 0 unspecified atom stereocenters. The van der Waals surface area contributed by atoms with Gasteiger partial charge < -0.3 is 14.5 Å². The third-order valence-corrected chi connectivity index (χ3v) is 5.11. The molecule has 4 heteroatoms. The Bertz CT molecular complexity index is 922. The van der Waals surface area contributed by atoms with Gasteiger partial charge >= 0.3 is 0 Å². The molecule has 1 saturated carbocycles. The first-order chi connectivity index (χ1) is 12.8. The van der Waals surface area contributed by atoms with Gasteiger partial charge in [-0.15, -0.1) is 0 Å². The molecular weight excluding hydrogens is 326 g/mol. The number of para-hydroxylation sites is 2. The summed E-state index contributed by atoms with van der Waals surface area (Å²) >= 11 is 0. The van der Waals surface area contributed by atoms with E-state index in [4.69, 9.17) is 9.15 Å². The SMILES string of the molecule is COc1ccccc1-c1cccc2cc(C(=O)NC3CCCCC3)oc12. The molecule has 2 aromatic carbocycles. The number of carbonyl (C=O) groups excluding carboxylic acids is 1. The molecule has 0 spiro atoms. The van der Waals surface area contributed by atoms with Gasteiger partial charge in [0.05, 0.1) is 7.11 Å². The minimum absolute atomic E-state index is 0.126. The van der Waals surface area contributed by atoms with Gasteiger partial charge in [-0.1, -0.05) is 55.7 Å². The Labute approximate surface area is 153 Å². The molecule has 0 bridgehead atoms. The summed E-state index contributed by atoms with van der Waals surface area (Å²) in [6.07, 6.45) is 5.74. The van der Waals surface area contributed by atoms with E-state index in [1.165, 1.54) is 19.3 Å². The van der Waals surface area contributed by atoms with Crippen molar-refractivity contribution in [1.29, 1.82) is 0 Å². The zero-order valence-corrected chi connectivity index (χ0v) is 15.0. The van der Waals surface area contributed by atoms with Crippen LogP contribution in [0, 0.1) is 0 Å². The normalized spacial score (nSPS) is 15.1. The van der Waals surface area contributed by atoms with Crippen LogP contribution in [0.15, 0.2) is 52.9 Å². The first-order valence-corrected chi connectivity index (χ1v) is 9.23. The zero-order valence-electron chi connectivity index (χ0n) is 15.0. The molecule has 0 radical (unpaired) electrons. The molecule has 3 aromatic rings. The molecule has 4 nitrogen and oxygen atoms in total. The second kappa shape index (κ2) is 7.24. The highest BCUT2D eigenvalue weighted by molar-refractivity contribution is 6.00. The summed E-state index contributed by atoms with van der Waals surface area (Å²) in [6, 6.07) is 15.9. The number of ether oxygens (including phenoxy) is 1.